The Hall–Kier alpha value is -1.61. The number of hydrogen-bond donors (Lipinski definition) is 2. The van der Waals surface area contributed by atoms with E-state index in [-0.39, 0.29) is 11.9 Å². The molecule has 0 saturated carbocycles. The number of aryl methyl sites for hydroxylation is 1. The van der Waals surface area contributed by atoms with Crippen molar-refractivity contribution < 1.29 is 4.79 Å². The zero-order valence-corrected chi connectivity index (χ0v) is 9.79. The summed E-state index contributed by atoms with van der Waals surface area (Å²) in [7, 11) is 0. The molecule has 1 amide bonds. The Labute approximate surface area is 96.6 Å². The zero-order chi connectivity index (χ0) is 12.0. The van der Waals surface area contributed by atoms with Crippen molar-refractivity contribution in [2.45, 2.75) is 19.9 Å². The highest BCUT2D eigenvalue weighted by Crippen LogP contribution is 2.08. The third-order valence-corrected chi connectivity index (χ3v) is 2.24. The van der Waals surface area contributed by atoms with Crippen LogP contribution < -0.4 is 10.6 Å². The molecule has 86 valence electrons. The first kappa shape index (κ1) is 12.5. The summed E-state index contributed by atoms with van der Waals surface area (Å²) in [6, 6.07) is 7.87. The number of benzene rings is 1. The minimum atomic E-state index is -0.0423. The van der Waals surface area contributed by atoms with Gasteiger partial charge in [0.2, 0.25) is 5.91 Å². The second kappa shape index (κ2) is 6.08. The van der Waals surface area contributed by atoms with E-state index < -0.39 is 0 Å². The van der Waals surface area contributed by atoms with Crippen LogP contribution in [0.25, 0.3) is 0 Å². The molecule has 1 aromatic rings. The summed E-state index contributed by atoms with van der Waals surface area (Å²) in [6.07, 6.45) is 1.76. The third-order valence-electron chi connectivity index (χ3n) is 2.24. The normalized spacial score (nSPS) is 11.9. The molecular formula is C13H18N2O. The number of anilines is 1. The van der Waals surface area contributed by atoms with Crippen molar-refractivity contribution in [1.29, 1.82) is 0 Å². The molecule has 0 aliphatic heterocycles. The van der Waals surface area contributed by atoms with Crippen LogP contribution in [0.4, 0.5) is 5.69 Å². The minimum Gasteiger partial charge on any atom is -0.325 e. The van der Waals surface area contributed by atoms with Crippen molar-refractivity contribution >= 4 is 11.6 Å². The van der Waals surface area contributed by atoms with Crippen LogP contribution in [0, 0.1) is 6.92 Å². The highest BCUT2D eigenvalue weighted by Gasteiger charge is 2.03. The highest BCUT2D eigenvalue weighted by atomic mass is 16.1. The Morgan fingerprint density at radius 3 is 2.94 bits per heavy atom. The molecule has 0 aromatic heterocycles. The number of carbonyl (C=O) groups is 1. The fourth-order valence-electron chi connectivity index (χ4n) is 1.27. The van der Waals surface area contributed by atoms with E-state index in [1.165, 1.54) is 0 Å². The second-order valence-electron chi connectivity index (χ2n) is 3.82. The van der Waals surface area contributed by atoms with Gasteiger partial charge in [-0.1, -0.05) is 18.2 Å². The summed E-state index contributed by atoms with van der Waals surface area (Å²) in [5.74, 6) is -0.0423. The number of carbonyl (C=O) groups excluding carboxylic acids is 1. The van der Waals surface area contributed by atoms with Crippen LogP contribution in [0.3, 0.4) is 0 Å². The molecule has 16 heavy (non-hydrogen) atoms. The maximum atomic E-state index is 11.5. The first-order valence-corrected chi connectivity index (χ1v) is 5.34. The monoisotopic (exact) mass is 218 g/mol. The Morgan fingerprint density at radius 1 is 1.56 bits per heavy atom. The largest absolute Gasteiger partial charge is 0.325 e. The van der Waals surface area contributed by atoms with Crippen LogP contribution in [-0.2, 0) is 4.79 Å². The minimum absolute atomic E-state index is 0.0423. The van der Waals surface area contributed by atoms with Crippen LogP contribution in [0.5, 0.6) is 0 Å². The van der Waals surface area contributed by atoms with E-state index >= 15 is 0 Å². The average Bonchev–Trinajstić information content (AvgIpc) is 2.26. The lowest BCUT2D eigenvalue weighted by molar-refractivity contribution is -0.115. The molecule has 1 aromatic carbocycles. The summed E-state index contributed by atoms with van der Waals surface area (Å²) in [5.41, 5.74) is 1.96. The SMILES string of the molecule is C=CC(C)NCC(=O)Nc1cccc(C)c1. The highest BCUT2D eigenvalue weighted by molar-refractivity contribution is 5.92. The van der Waals surface area contributed by atoms with Crippen molar-refractivity contribution in [2.24, 2.45) is 0 Å². The molecule has 1 rings (SSSR count). The summed E-state index contributed by atoms with van der Waals surface area (Å²) in [6.45, 7) is 7.88. The Kier molecular flexibility index (Phi) is 4.73. The van der Waals surface area contributed by atoms with Gasteiger partial charge in [0, 0.05) is 11.7 Å². The molecule has 3 heteroatoms. The van der Waals surface area contributed by atoms with Crippen LogP contribution in [0.2, 0.25) is 0 Å². The van der Waals surface area contributed by atoms with Gasteiger partial charge in [-0.2, -0.15) is 0 Å². The van der Waals surface area contributed by atoms with Gasteiger partial charge in [-0.25, -0.2) is 0 Å². The molecule has 0 bridgehead atoms. The molecule has 1 atom stereocenters. The van der Waals surface area contributed by atoms with E-state index in [9.17, 15) is 4.79 Å². The first-order chi connectivity index (χ1) is 7.61. The van der Waals surface area contributed by atoms with Crippen LogP contribution in [0.15, 0.2) is 36.9 Å². The van der Waals surface area contributed by atoms with Crippen molar-refractivity contribution in [2.75, 3.05) is 11.9 Å². The van der Waals surface area contributed by atoms with Crippen LogP contribution in [-0.4, -0.2) is 18.5 Å². The maximum absolute atomic E-state index is 11.5. The van der Waals surface area contributed by atoms with Gasteiger partial charge in [-0.3, -0.25) is 4.79 Å². The van der Waals surface area contributed by atoms with E-state index in [4.69, 9.17) is 0 Å². The van der Waals surface area contributed by atoms with Gasteiger partial charge in [0.25, 0.3) is 0 Å². The molecular weight excluding hydrogens is 200 g/mol. The fourth-order valence-corrected chi connectivity index (χ4v) is 1.27. The number of nitrogens with one attached hydrogen (secondary N) is 2. The van der Waals surface area contributed by atoms with Crippen LogP contribution >= 0.6 is 0 Å². The Bertz CT molecular complexity index is 374. The lowest BCUT2D eigenvalue weighted by atomic mass is 10.2. The summed E-state index contributed by atoms with van der Waals surface area (Å²) in [5, 5.41) is 5.86. The maximum Gasteiger partial charge on any atom is 0.238 e. The summed E-state index contributed by atoms with van der Waals surface area (Å²) < 4.78 is 0. The molecule has 3 nitrogen and oxygen atoms in total. The van der Waals surface area contributed by atoms with Gasteiger partial charge in [0.1, 0.15) is 0 Å². The molecule has 0 heterocycles. The predicted octanol–water partition coefficient (Wildman–Crippen LogP) is 2.10. The van der Waals surface area contributed by atoms with Crippen molar-refractivity contribution in [3.63, 3.8) is 0 Å². The van der Waals surface area contributed by atoms with Gasteiger partial charge in [0.05, 0.1) is 6.54 Å². The quantitative estimate of drug-likeness (QED) is 0.743. The number of rotatable bonds is 5. The number of hydrogen-bond acceptors (Lipinski definition) is 2. The zero-order valence-electron chi connectivity index (χ0n) is 9.79. The Morgan fingerprint density at radius 2 is 2.31 bits per heavy atom. The van der Waals surface area contributed by atoms with Gasteiger partial charge in [0.15, 0.2) is 0 Å². The molecule has 0 spiro atoms. The third kappa shape index (κ3) is 4.28. The smallest absolute Gasteiger partial charge is 0.238 e. The van der Waals surface area contributed by atoms with Crippen LogP contribution in [0.1, 0.15) is 12.5 Å². The van der Waals surface area contributed by atoms with Gasteiger partial charge >= 0.3 is 0 Å². The molecule has 0 radical (unpaired) electrons. The van der Waals surface area contributed by atoms with E-state index in [1.54, 1.807) is 6.08 Å². The fraction of sp³-hybridized carbons (Fsp3) is 0.308. The van der Waals surface area contributed by atoms with Gasteiger partial charge in [-0.05, 0) is 31.5 Å². The molecule has 0 fully saturated rings. The standard InChI is InChI=1S/C13H18N2O/c1-4-11(3)14-9-13(16)15-12-7-5-6-10(2)8-12/h4-8,11,14H,1,9H2,2-3H3,(H,15,16). The van der Waals surface area contributed by atoms with Gasteiger partial charge in [-0.15, -0.1) is 6.58 Å². The lowest BCUT2D eigenvalue weighted by Gasteiger charge is -2.09. The topological polar surface area (TPSA) is 41.1 Å². The second-order valence-corrected chi connectivity index (χ2v) is 3.82. The van der Waals surface area contributed by atoms with E-state index in [1.807, 2.05) is 38.1 Å². The van der Waals surface area contributed by atoms with E-state index in [0.717, 1.165) is 11.3 Å². The molecule has 2 N–H and O–H groups in total. The lowest BCUT2D eigenvalue weighted by Crippen LogP contribution is -2.33. The number of amides is 1. The predicted molar refractivity (Wildman–Crippen MR) is 67.5 cm³/mol. The first-order valence-electron chi connectivity index (χ1n) is 5.34. The Balaban J connectivity index is 2.42. The van der Waals surface area contributed by atoms with Crippen molar-refractivity contribution in [3.8, 4) is 0 Å². The average molecular weight is 218 g/mol. The van der Waals surface area contributed by atoms with Gasteiger partial charge < -0.3 is 10.6 Å². The summed E-state index contributed by atoms with van der Waals surface area (Å²) in [4.78, 5) is 11.5. The summed E-state index contributed by atoms with van der Waals surface area (Å²) >= 11 is 0. The van der Waals surface area contributed by atoms with Crippen molar-refractivity contribution in [3.05, 3.63) is 42.5 Å². The molecule has 0 saturated heterocycles. The van der Waals surface area contributed by atoms with Crippen molar-refractivity contribution in [1.82, 2.24) is 5.32 Å². The molecule has 0 aliphatic rings. The molecule has 1 unspecified atom stereocenters. The molecule has 0 aliphatic carbocycles. The van der Waals surface area contributed by atoms with E-state index in [0.29, 0.717) is 6.54 Å². The van der Waals surface area contributed by atoms with E-state index in [2.05, 4.69) is 17.2 Å².